The number of aromatic nitrogens is 2. The summed E-state index contributed by atoms with van der Waals surface area (Å²) in [5, 5.41) is 5.00. The summed E-state index contributed by atoms with van der Waals surface area (Å²) >= 11 is 6.80. The number of benzene rings is 1. The van der Waals surface area contributed by atoms with Crippen LogP contribution in [-0.4, -0.2) is 82.8 Å². The van der Waals surface area contributed by atoms with Crippen LogP contribution in [0.5, 0.6) is 5.75 Å². The number of H-pyrrole nitrogens is 1. The molecule has 19 heteroatoms. The van der Waals surface area contributed by atoms with E-state index < -0.39 is 96.6 Å². The molecule has 1 aliphatic heterocycles. The molecule has 1 aromatic carbocycles. The van der Waals surface area contributed by atoms with Crippen LogP contribution in [0.15, 0.2) is 52.2 Å². The highest BCUT2D eigenvalue weighted by Gasteiger charge is 2.57. The van der Waals surface area contributed by atoms with Crippen LogP contribution in [0.25, 0.3) is 0 Å². The van der Waals surface area contributed by atoms with Gasteiger partial charge in [-0.2, -0.15) is 5.09 Å². The second-order valence-corrected chi connectivity index (χ2v) is 15.5. The fraction of sp³-hybridized carbons (Fsp3) is 0.581. The molecule has 50 heavy (non-hydrogen) atoms. The molecule has 16 nitrogen and oxygen atoms in total. The quantitative estimate of drug-likeness (QED) is 0.0839. The fourth-order valence-electron chi connectivity index (χ4n) is 4.59. The number of carbonyl (C=O) groups is 3. The Morgan fingerprint density at radius 3 is 2.28 bits per heavy atom. The molecule has 3 rings (SSSR count). The van der Waals surface area contributed by atoms with Crippen LogP contribution in [0.2, 0.25) is 0 Å². The van der Waals surface area contributed by atoms with Gasteiger partial charge in [0.05, 0.1) is 17.5 Å². The molecule has 1 fully saturated rings. The lowest BCUT2D eigenvalue weighted by molar-refractivity contribution is -0.157. The van der Waals surface area contributed by atoms with Crippen LogP contribution >= 0.6 is 19.3 Å². The molecule has 7 atom stereocenters. The summed E-state index contributed by atoms with van der Waals surface area (Å²) in [7, 11) is 2.03. The molecule has 1 aliphatic rings. The lowest BCUT2D eigenvalue weighted by Crippen LogP contribution is -2.52. The summed E-state index contributed by atoms with van der Waals surface area (Å²) < 4.78 is 46.5. The van der Waals surface area contributed by atoms with E-state index in [1.54, 1.807) is 66.7 Å². The van der Waals surface area contributed by atoms with E-state index >= 15 is 0 Å². The van der Waals surface area contributed by atoms with Crippen molar-refractivity contribution >= 4 is 45.2 Å². The SMILES string of the molecule is [B][C@]1(Cl)[C@H](OC(=O)[C@@H](NC(=O)OC(C)(C)C)C(C)C)[C@@H](CO[P@@](=O)(N[C@@H](C)C(=O)OC(C)C)Oc2ccccc2)O[C@H]1n1ccc(=O)[nH]c1=O. The fourth-order valence-corrected chi connectivity index (χ4v) is 6.43. The van der Waals surface area contributed by atoms with Gasteiger partial charge in [0.25, 0.3) is 5.56 Å². The van der Waals surface area contributed by atoms with E-state index in [9.17, 15) is 28.5 Å². The zero-order valence-corrected chi connectivity index (χ0v) is 30.7. The van der Waals surface area contributed by atoms with E-state index in [-0.39, 0.29) is 5.75 Å². The van der Waals surface area contributed by atoms with E-state index in [0.717, 1.165) is 16.8 Å². The standard InChI is InChI=1S/C31H43BClN4O12P/c1-17(2)23(35-29(42)48-30(6,7)8)26(40)47-24-21(46-27(31(24,32)33)37-15-14-22(38)34-28(37)41)16-44-50(43,49-20-12-10-9-11-13-20)36-19(5)25(39)45-18(3)4/h9-15,17-19,21,23-24,27H,16H2,1-8H3,(H,35,42)(H,36,43)(H,34,38,41)/t19-,21+,23-,24+,27+,31-,50-/m0/s1. The van der Waals surface area contributed by atoms with Crippen molar-refractivity contribution in [2.24, 2.45) is 5.92 Å². The van der Waals surface area contributed by atoms with Gasteiger partial charge in [-0.05, 0) is 59.6 Å². The molecule has 1 amide bonds. The summed E-state index contributed by atoms with van der Waals surface area (Å²) in [4.78, 5) is 65.4. The third-order valence-corrected chi connectivity index (χ3v) is 8.88. The maximum atomic E-state index is 14.2. The maximum absolute atomic E-state index is 14.2. The molecule has 0 saturated carbocycles. The highest BCUT2D eigenvalue weighted by atomic mass is 35.5. The van der Waals surface area contributed by atoms with Gasteiger partial charge in [0.15, 0.2) is 6.23 Å². The number of hydrogen-bond donors (Lipinski definition) is 3. The highest BCUT2D eigenvalue weighted by Crippen LogP contribution is 2.48. The Bertz CT molecular complexity index is 1660. The Labute approximate surface area is 295 Å². The summed E-state index contributed by atoms with van der Waals surface area (Å²) in [6.07, 6.45) is -4.97. The van der Waals surface area contributed by atoms with Crippen LogP contribution in [-0.2, 0) is 37.6 Å². The monoisotopic (exact) mass is 740 g/mol. The number of alkyl halides is 1. The van der Waals surface area contributed by atoms with Crippen LogP contribution in [0.4, 0.5) is 4.79 Å². The Balaban J connectivity index is 1.98. The molecular weight excluding hydrogens is 698 g/mol. The summed E-state index contributed by atoms with van der Waals surface area (Å²) in [6, 6.07) is 6.49. The molecule has 0 spiro atoms. The van der Waals surface area contributed by atoms with E-state index in [1.807, 2.05) is 0 Å². The van der Waals surface area contributed by atoms with Gasteiger partial charge >= 0.3 is 31.5 Å². The number of nitrogens with one attached hydrogen (secondary N) is 3. The van der Waals surface area contributed by atoms with Gasteiger partial charge in [-0.15, -0.1) is 11.6 Å². The summed E-state index contributed by atoms with van der Waals surface area (Å²) in [6.45, 7) is 12.2. The molecule has 1 aromatic heterocycles. The van der Waals surface area contributed by atoms with Crippen molar-refractivity contribution in [3.63, 3.8) is 0 Å². The van der Waals surface area contributed by atoms with Gasteiger partial charge < -0.3 is 28.8 Å². The second kappa shape index (κ2) is 16.6. The van der Waals surface area contributed by atoms with Crippen LogP contribution in [0.1, 0.15) is 61.6 Å². The predicted molar refractivity (Wildman–Crippen MR) is 182 cm³/mol. The number of rotatable bonds is 14. The second-order valence-electron chi connectivity index (χ2n) is 13.1. The number of aromatic amines is 1. The molecule has 2 aromatic rings. The molecule has 0 aliphatic carbocycles. The Morgan fingerprint density at radius 1 is 1.08 bits per heavy atom. The van der Waals surface area contributed by atoms with Crippen LogP contribution < -0.4 is 26.2 Å². The third-order valence-electron chi connectivity index (χ3n) is 6.83. The first kappa shape index (κ1) is 40.8. The minimum Gasteiger partial charge on any atom is -0.462 e. The Morgan fingerprint density at radius 2 is 1.72 bits per heavy atom. The van der Waals surface area contributed by atoms with Crippen molar-refractivity contribution in [3.05, 3.63) is 63.4 Å². The molecule has 1 saturated heterocycles. The molecule has 274 valence electrons. The lowest BCUT2D eigenvalue weighted by Gasteiger charge is -2.32. The number of halogens is 1. The maximum Gasteiger partial charge on any atom is 0.459 e. The van der Waals surface area contributed by atoms with E-state index in [0.29, 0.717) is 0 Å². The lowest BCUT2D eigenvalue weighted by atomic mass is 9.79. The minimum atomic E-state index is -4.48. The number of esters is 2. The largest absolute Gasteiger partial charge is 0.462 e. The zero-order valence-electron chi connectivity index (χ0n) is 29.0. The van der Waals surface area contributed by atoms with E-state index in [4.69, 9.17) is 47.4 Å². The molecule has 3 N–H and O–H groups in total. The van der Waals surface area contributed by atoms with Gasteiger partial charge in [-0.3, -0.25) is 23.7 Å². The number of amides is 1. The van der Waals surface area contributed by atoms with Gasteiger partial charge in [0.1, 0.15) is 43.5 Å². The first-order valence-corrected chi connectivity index (χ1v) is 17.7. The van der Waals surface area contributed by atoms with Gasteiger partial charge in [-0.1, -0.05) is 32.0 Å². The molecule has 2 radical (unpaired) electrons. The van der Waals surface area contributed by atoms with E-state index in [2.05, 4.69) is 15.4 Å². The number of carbonyl (C=O) groups excluding carboxylic acids is 3. The van der Waals surface area contributed by atoms with Crippen LogP contribution in [0, 0.1) is 5.92 Å². The van der Waals surface area contributed by atoms with Crippen molar-refractivity contribution < 1.29 is 46.9 Å². The van der Waals surface area contributed by atoms with Crippen molar-refractivity contribution in [2.75, 3.05) is 6.61 Å². The summed E-state index contributed by atoms with van der Waals surface area (Å²) in [5.74, 6) is -2.16. The first-order valence-electron chi connectivity index (χ1n) is 15.7. The van der Waals surface area contributed by atoms with E-state index in [1.165, 1.54) is 19.1 Å². The number of alkyl carbamates (subject to hydrolysis) is 1. The minimum absolute atomic E-state index is 0.110. The molecule has 2 heterocycles. The number of hydrogen-bond acceptors (Lipinski definition) is 12. The highest BCUT2D eigenvalue weighted by molar-refractivity contribution is 7.52. The zero-order chi connectivity index (χ0) is 37.6. The Hall–Kier alpha value is -3.63. The average molecular weight is 741 g/mol. The van der Waals surface area contributed by atoms with Crippen molar-refractivity contribution in [1.29, 1.82) is 0 Å². The van der Waals surface area contributed by atoms with Crippen LogP contribution in [0.3, 0.4) is 0 Å². The number of para-hydroxylation sites is 1. The first-order chi connectivity index (χ1) is 23.1. The van der Waals surface area contributed by atoms with Crippen molar-refractivity contribution in [1.82, 2.24) is 20.0 Å². The van der Waals surface area contributed by atoms with Gasteiger partial charge in [0, 0.05) is 12.3 Å². The summed E-state index contributed by atoms with van der Waals surface area (Å²) in [5.41, 5.74) is -2.54. The van der Waals surface area contributed by atoms with Crippen molar-refractivity contribution in [3.8, 4) is 5.75 Å². The number of nitrogens with zero attached hydrogens (tertiary/aromatic N) is 1. The normalized spacial score (nSPS) is 23.1. The topological polar surface area (TPSA) is 203 Å². The predicted octanol–water partition coefficient (Wildman–Crippen LogP) is 3.13. The average Bonchev–Trinajstić information content (AvgIpc) is 3.22. The Kier molecular flexibility index (Phi) is 13.5. The molecular formula is C31H43BClN4O12P. The molecule has 0 bridgehead atoms. The van der Waals surface area contributed by atoms with Crippen molar-refractivity contribution in [2.45, 2.75) is 102 Å². The molecule has 0 unspecified atom stereocenters. The van der Waals surface area contributed by atoms with Gasteiger partial charge in [-0.25, -0.2) is 18.9 Å². The number of ether oxygens (including phenoxy) is 4. The smallest absolute Gasteiger partial charge is 0.459 e. The van der Waals surface area contributed by atoms with Gasteiger partial charge in [0.2, 0.25) is 0 Å². The third kappa shape index (κ3) is 11.2.